The van der Waals surface area contributed by atoms with E-state index in [4.69, 9.17) is 0 Å². The summed E-state index contributed by atoms with van der Waals surface area (Å²) in [6.07, 6.45) is 4.02. The Morgan fingerprint density at radius 3 is 2.59 bits per heavy atom. The van der Waals surface area contributed by atoms with E-state index in [-0.39, 0.29) is 10.9 Å². The van der Waals surface area contributed by atoms with Gasteiger partial charge in [-0.05, 0) is 60.0 Å². The van der Waals surface area contributed by atoms with E-state index in [2.05, 4.69) is 20.7 Å². The number of nitrogens with one attached hydrogen (secondary N) is 1. The molecule has 0 aliphatic carbocycles. The van der Waals surface area contributed by atoms with Crippen molar-refractivity contribution in [2.45, 2.75) is 23.9 Å². The molecule has 1 aliphatic rings. The molecule has 2 heterocycles. The summed E-state index contributed by atoms with van der Waals surface area (Å²) in [5.74, 6) is 0. The largest absolute Gasteiger partial charge is 0.365 e. The first-order chi connectivity index (χ1) is 14.0. The number of nitrogens with zero attached hydrogens (tertiary/aromatic N) is 3. The van der Waals surface area contributed by atoms with Crippen LogP contribution in [0.4, 0.5) is 5.69 Å². The number of hydrogen-bond donors (Lipinski definition) is 1. The van der Waals surface area contributed by atoms with Crippen molar-refractivity contribution in [3.05, 3.63) is 89.7 Å². The summed E-state index contributed by atoms with van der Waals surface area (Å²) in [5, 5.41) is 9.26. The number of pyridine rings is 1. The minimum atomic E-state index is -3.63. The molecule has 0 radical (unpaired) electrons. The lowest BCUT2D eigenvalue weighted by atomic mass is 9.96. The Morgan fingerprint density at radius 2 is 1.86 bits per heavy atom. The molecule has 0 fully saturated rings. The van der Waals surface area contributed by atoms with Crippen LogP contribution in [0.3, 0.4) is 0 Å². The number of fused-ring (bicyclic) bond motifs is 1. The van der Waals surface area contributed by atoms with Crippen LogP contribution < -0.4 is 9.62 Å². The summed E-state index contributed by atoms with van der Waals surface area (Å²) in [7, 11) is -3.63. The van der Waals surface area contributed by atoms with Gasteiger partial charge in [-0.3, -0.25) is 4.98 Å². The van der Waals surface area contributed by atoms with Gasteiger partial charge in [0.25, 0.3) is 0 Å². The van der Waals surface area contributed by atoms with Gasteiger partial charge in [0, 0.05) is 37.2 Å². The molecular weight excluding hydrogens is 384 g/mol. The van der Waals surface area contributed by atoms with Gasteiger partial charge in [-0.1, -0.05) is 18.2 Å². The molecule has 0 amide bonds. The maximum absolute atomic E-state index is 12.8. The van der Waals surface area contributed by atoms with Crippen molar-refractivity contribution in [3.63, 3.8) is 0 Å². The molecule has 29 heavy (non-hydrogen) atoms. The van der Waals surface area contributed by atoms with Gasteiger partial charge in [0.1, 0.15) is 0 Å². The van der Waals surface area contributed by atoms with Gasteiger partial charge in [0.05, 0.1) is 16.5 Å². The lowest BCUT2D eigenvalue weighted by Crippen LogP contribution is -2.48. The molecule has 1 unspecified atom stereocenters. The van der Waals surface area contributed by atoms with Gasteiger partial charge in [0.2, 0.25) is 10.0 Å². The molecule has 7 heteroatoms. The molecule has 3 aromatic rings. The van der Waals surface area contributed by atoms with Crippen molar-refractivity contribution < 1.29 is 8.42 Å². The molecule has 0 saturated carbocycles. The fraction of sp³-hybridized carbons (Fsp3) is 0.182. The van der Waals surface area contributed by atoms with Crippen LogP contribution in [0, 0.1) is 11.3 Å². The maximum atomic E-state index is 12.8. The second kappa shape index (κ2) is 8.03. The van der Waals surface area contributed by atoms with E-state index in [0.717, 1.165) is 16.8 Å². The Hall–Kier alpha value is -3.21. The fourth-order valence-electron chi connectivity index (χ4n) is 3.65. The molecular formula is C22H20N4O2S. The molecule has 0 spiro atoms. The molecule has 1 aromatic heterocycles. The predicted molar refractivity (Wildman–Crippen MR) is 111 cm³/mol. The monoisotopic (exact) mass is 404 g/mol. The van der Waals surface area contributed by atoms with Crippen LogP contribution in [0.5, 0.6) is 0 Å². The smallest absolute Gasteiger partial charge is 0.240 e. The lowest BCUT2D eigenvalue weighted by Gasteiger charge is -2.36. The molecule has 0 bridgehead atoms. The highest BCUT2D eigenvalue weighted by Gasteiger charge is 2.28. The van der Waals surface area contributed by atoms with Gasteiger partial charge in [-0.15, -0.1) is 0 Å². The van der Waals surface area contributed by atoms with Crippen molar-refractivity contribution in [2.75, 3.05) is 11.4 Å². The van der Waals surface area contributed by atoms with Gasteiger partial charge >= 0.3 is 0 Å². The molecule has 0 saturated heterocycles. The molecule has 2 aromatic carbocycles. The summed E-state index contributed by atoms with van der Waals surface area (Å²) in [4.78, 5) is 6.45. The zero-order valence-electron chi connectivity index (χ0n) is 15.7. The number of rotatable bonds is 5. The van der Waals surface area contributed by atoms with E-state index in [1.807, 2.05) is 24.3 Å². The first kappa shape index (κ1) is 19.1. The number of hydrogen-bond acceptors (Lipinski definition) is 5. The zero-order chi connectivity index (χ0) is 20.3. The van der Waals surface area contributed by atoms with Crippen molar-refractivity contribution in [1.29, 1.82) is 5.26 Å². The highest BCUT2D eigenvalue weighted by molar-refractivity contribution is 7.89. The normalized spacial score (nSPS) is 16.1. The van der Waals surface area contributed by atoms with Crippen LogP contribution >= 0.6 is 0 Å². The molecule has 1 N–H and O–H groups in total. The van der Waals surface area contributed by atoms with E-state index in [1.165, 1.54) is 0 Å². The summed E-state index contributed by atoms with van der Waals surface area (Å²) in [5.41, 5.74) is 3.64. The number of nitriles is 1. The summed E-state index contributed by atoms with van der Waals surface area (Å²) >= 11 is 0. The van der Waals surface area contributed by atoms with Crippen LogP contribution in [-0.2, 0) is 23.0 Å². The Balaban J connectivity index is 1.64. The topological polar surface area (TPSA) is 86.1 Å². The van der Waals surface area contributed by atoms with Crippen LogP contribution in [0.25, 0.3) is 0 Å². The third kappa shape index (κ3) is 4.29. The van der Waals surface area contributed by atoms with Crippen molar-refractivity contribution in [1.82, 2.24) is 9.71 Å². The van der Waals surface area contributed by atoms with Gasteiger partial charge in [0.15, 0.2) is 0 Å². The van der Waals surface area contributed by atoms with E-state index < -0.39 is 10.0 Å². The van der Waals surface area contributed by atoms with Crippen molar-refractivity contribution in [2.24, 2.45) is 0 Å². The van der Waals surface area contributed by atoms with E-state index >= 15 is 0 Å². The highest BCUT2D eigenvalue weighted by atomic mass is 32.2. The summed E-state index contributed by atoms with van der Waals surface area (Å²) in [6, 6.07) is 19.7. The van der Waals surface area contributed by atoms with Crippen LogP contribution in [-0.4, -0.2) is 26.0 Å². The van der Waals surface area contributed by atoms with Gasteiger partial charge in [-0.25, -0.2) is 13.1 Å². The second-order valence-electron chi connectivity index (χ2n) is 7.03. The Bertz CT molecular complexity index is 1140. The molecule has 146 valence electrons. The molecule has 6 nitrogen and oxygen atoms in total. The standard InChI is InChI=1S/C22H20N4O2S/c23-14-18-6-7-22-19(12-18)13-20(16-26(22)15-17-8-10-24-11-9-17)25-29(27,28)21-4-2-1-3-5-21/h1-12,20,25H,13,15-16H2. The van der Waals surface area contributed by atoms with Crippen molar-refractivity contribution >= 4 is 15.7 Å². The van der Waals surface area contributed by atoms with Crippen LogP contribution in [0.15, 0.2) is 78.0 Å². The first-order valence-corrected chi connectivity index (χ1v) is 10.8. The highest BCUT2D eigenvalue weighted by Crippen LogP contribution is 2.30. The number of aromatic nitrogens is 1. The third-order valence-electron chi connectivity index (χ3n) is 4.95. The van der Waals surface area contributed by atoms with Gasteiger partial charge < -0.3 is 4.90 Å². The first-order valence-electron chi connectivity index (χ1n) is 9.29. The average Bonchev–Trinajstić information content (AvgIpc) is 2.74. The molecule has 4 rings (SSSR count). The summed E-state index contributed by atoms with van der Waals surface area (Å²) in [6.45, 7) is 1.16. The van der Waals surface area contributed by atoms with E-state index in [0.29, 0.717) is 25.1 Å². The SMILES string of the molecule is N#Cc1ccc2c(c1)CC(NS(=O)(=O)c1ccccc1)CN2Cc1ccncc1. The quantitative estimate of drug-likeness (QED) is 0.707. The minimum Gasteiger partial charge on any atom is -0.365 e. The maximum Gasteiger partial charge on any atom is 0.240 e. The lowest BCUT2D eigenvalue weighted by molar-refractivity contribution is 0.524. The third-order valence-corrected chi connectivity index (χ3v) is 6.49. The molecule has 1 atom stereocenters. The average molecular weight is 404 g/mol. The second-order valence-corrected chi connectivity index (χ2v) is 8.74. The Morgan fingerprint density at radius 1 is 1.10 bits per heavy atom. The minimum absolute atomic E-state index is 0.247. The summed E-state index contributed by atoms with van der Waals surface area (Å²) < 4.78 is 28.5. The Labute approximate surface area is 170 Å². The number of benzene rings is 2. The fourth-order valence-corrected chi connectivity index (χ4v) is 4.89. The number of sulfonamides is 1. The predicted octanol–water partition coefficient (Wildman–Crippen LogP) is 2.86. The molecule has 1 aliphatic heterocycles. The van der Waals surface area contributed by atoms with Gasteiger partial charge in [-0.2, -0.15) is 5.26 Å². The van der Waals surface area contributed by atoms with E-state index in [9.17, 15) is 13.7 Å². The van der Waals surface area contributed by atoms with Crippen LogP contribution in [0.2, 0.25) is 0 Å². The van der Waals surface area contributed by atoms with E-state index in [1.54, 1.807) is 48.8 Å². The zero-order valence-corrected chi connectivity index (χ0v) is 16.5. The van der Waals surface area contributed by atoms with Crippen molar-refractivity contribution in [3.8, 4) is 6.07 Å². The Kier molecular flexibility index (Phi) is 5.30. The van der Waals surface area contributed by atoms with Crippen LogP contribution in [0.1, 0.15) is 16.7 Å². The number of anilines is 1.